The molecule has 0 amide bonds. The summed E-state index contributed by atoms with van der Waals surface area (Å²) in [4.78, 5) is 0. The van der Waals surface area contributed by atoms with Crippen LogP contribution in [0.1, 0.15) is 27.7 Å². The van der Waals surface area contributed by atoms with E-state index in [2.05, 4.69) is 27.7 Å². The fourth-order valence-electron chi connectivity index (χ4n) is 0.596. The van der Waals surface area contributed by atoms with E-state index in [1.807, 2.05) is 0 Å². The maximum atomic E-state index is 2.25. The summed E-state index contributed by atoms with van der Waals surface area (Å²) in [6.07, 6.45) is 0. The SMILES string of the molecule is CC(C)[P-]C(C)C.[Br-].[Mg+2]. The van der Waals surface area contributed by atoms with Gasteiger partial charge in [-0.15, -0.1) is 0 Å². The van der Waals surface area contributed by atoms with Crippen molar-refractivity contribution in [3.8, 4) is 0 Å². The van der Waals surface area contributed by atoms with Crippen LogP contribution in [0, 0.1) is 0 Å². The summed E-state index contributed by atoms with van der Waals surface area (Å²) in [5.41, 5.74) is 1.69. The smallest absolute Gasteiger partial charge is 1.00 e. The van der Waals surface area contributed by atoms with Gasteiger partial charge in [0.25, 0.3) is 0 Å². The molecule has 3 heteroatoms. The van der Waals surface area contributed by atoms with E-state index < -0.39 is 0 Å². The van der Waals surface area contributed by atoms with Gasteiger partial charge in [0.2, 0.25) is 0 Å². The van der Waals surface area contributed by atoms with Gasteiger partial charge in [-0.2, -0.15) is 11.3 Å². The molecule has 0 bridgehead atoms. The van der Waals surface area contributed by atoms with Crippen LogP contribution < -0.4 is 17.0 Å². The summed E-state index contributed by atoms with van der Waals surface area (Å²) in [6, 6.07) is 0. The Balaban J connectivity index is -0.000000180. The van der Waals surface area contributed by atoms with Gasteiger partial charge in [0.15, 0.2) is 0 Å². The Morgan fingerprint density at radius 2 is 1.11 bits per heavy atom. The molecule has 0 aliphatic heterocycles. The summed E-state index contributed by atoms with van der Waals surface area (Å²) in [5, 5.41) is 0. The molecule has 0 saturated carbocycles. The summed E-state index contributed by atoms with van der Waals surface area (Å²) in [7, 11) is 1.58. The van der Waals surface area contributed by atoms with E-state index in [9.17, 15) is 0 Å². The average Bonchev–Trinajstić information content (AvgIpc) is 1.27. The molecule has 0 N–H and O–H groups in total. The van der Waals surface area contributed by atoms with Gasteiger partial charge >= 0.3 is 23.1 Å². The van der Waals surface area contributed by atoms with Crippen LogP contribution >= 0.6 is 8.58 Å². The van der Waals surface area contributed by atoms with Crippen molar-refractivity contribution in [2.45, 2.75) is 39.0 Å². The second-order valence-electron chi connectivity index (χ2n) is 2.34. The molecule has 0 saturated heterocycles. The predicted octanol–water partition coefficient (Wildman–Crippen LogP) is -0.627. The van der Waals surface area contributed by atoms with Crippen LogP contribution in [0.4, 0.5) is 0 Å². The normalized spacial score (nSPS) is 8.67. The Morgan fingerprint density at radius 1 is 0.889 bits per heavy atom. The van der Waals surface area contributed by atoms with E-state index in [0.29, 0.717) is 0 Å². The van der Waals surface area contributed by atoms with E-state index in [-0.39, 0.29) is 40.0 Å². The zero-order chi connectivity index (χ0) is 5.86. The molecular weight excluding hydrogens is 207 g/mol. The van der Waals surface area contributed by atoms with Crippen LogP contribution in [0.3, 0.4) is 0 Å². The molecular formula is C6H14BrMgP. The molecule has 0 aliphatic carbocycles. The van der Waals surface area contributed by atoms with Crippen LogP contribution in [0.25, 0.3) is 0 Å². The van der Waals surface area contributed by atoms with Crippen LogP contribution in [0.2, 0.25) is 0 Å². The van der Waals surface area contributed by atoms with Crippen LogP contribution in [0.15, 0.2) is 0 Å². The van der Waals surface area contributed by atoms with Crippen molar-refractivity contribution in [2.75, 3.05) is 0 Å². The first-order chi connectivity index (χ1) is 3.13. The van der Waals surface area contributed by atoms with Gasteiger partial charge in [0.1, 0.15) is 0 Å². The molecule has 0 aromatic heterocycles. The van der Waals surface area contributed by atoms with Gasteiger partial charge in [-0.05, 0) is 0 Å². The molecule has 0 spiro atoms. The minimum atomic E-state index is 0. The van der Waals surface area contributed by atoms with Gasteiger partial charge < -0.3 is 25.6 Å². The summed E-state index contributed by atoms with van der Waals surface area (Å²) < 4.78 is 0. The molecule has 0 heterocycles. The van der Waals surface area contributed by atoms with Crippen molar-refractivity contribution in [3.05, 3.63) is 0 Å². The molecule has 0 aliphatic rings. The molecule has 0 fully saturated rings. The fraction of sp³-hybridized carbons (Fsp3) is 1.00. The first-order valence-corrected chi connectivity index (χ1v) is 3.86. The van der Waals surface area contributed by atoms with Crippen LogP contribution in [0.5, 0.6) is 0 Å². The van der Waals surface area contributed by atoms with E-state index in [4.69, 9.17) is 0 Å². The standard InChI is InChI=1S/C6H14P.BrH.Mg/c1-5(2)7-6(3)4;;/h5-6H,1-4H3;1H;/q-1;;+2/p-1. The molecule has 9 heavy (non-hydrogen) atoms. The van der Waals surface area contributed by atoms with Crippen molar-refractivity contribution >= 4 is 31.6 Å². The van der Waals surface area contributed by atoms with E-state index >= 15 is 0 Å². The number of hydrogen-bond donors (Lipinski definition) is 0. The Morgan fingerprint density at radius 3 is 1.11 bits per heavy atom. The summed E-state index contributed by atoms with van der Waals surface area (Å²) in [6.45, 7) is 9.01. The Kier molecular flexibility index (Phi) is 18.2. The first kappa shape index (κ1) is 17.0. The molecule has 0 aromatic carbocycles. The molecule has 0 nitrogen and oxygen atoms in total. The fourth-order valence-corrected chi connectivity index (χ4v) is 1.79. The maximum Gasteiger partial charge on any atom is 2.00 e. The number of hydrogen-bond acceptors (Lipinski definition) is 0. The van der Waals surface area contributed by atoms with Gasteiger partial charge in [-0.3, -0.25) is 0 Å². The van der Waals surface area contributed by atoms with Gasteiger partial charge in [-0.1, -0.05) is 27.7 Å². The quantitative estimate of drug-likeness (QED) is 0.430. The molecule has 0 unspecified atom stereocenters. The van der Waals surface area contributed by atoms with Crippen molar-refractivity contribution in [2.24, 2.45) is 0 Å². The van der Waals surface area contributed by atoms with Crippen molar-refractivity contribution in [3.63, 3.8) is 0 Å². The van der Waals surface area contributed by atoms with E-state index in [1.165, 1.54) is 0 Å². The minimum Gasteiger partial charge on any atom is -1.00 e. The molecule has 0 radical (unpaired) electrons. The predicted molar refractivity (Wildman–Crippen MR) is 42.9 cm³/mol. The van der Waals surface area contributed by atoms with E-state index in [0.717, 1.165) is 11.3 Å². The van der Waals surface area contributed by atoms with Crippen molar-refractivity contribution in [1.29, 1.82) is 0 Å². The van der Waals surface area contributed by atoms with Crippen LogP contribution in [-0.2, 0) is 0 Å². The first-order valence-electron chi connectivity index (χ1n) is 2.83. The number of halogens is 1. The van der Waals surface area contributed by atoms with Crippen LogP contribution in [-0.4, -0.2) is 34.4 Å². The summed E-state index contributed by atoms with van der Waals surface area (Å²) in [5.74, 6) is 0. The van der Waals surface area contributed by atoms with Gasteiger partial charge in [0.05, 0.1) is 0 Å². The molecule has 0 aromatic rings. The average molecular weight is 221 g/mol. The Labute approximate surface area is 87.3 Å². The third-order valence-corrected chi connectivity index (χ3v) is 1.79. The topological polar surface area (TPSA) is 0 Å². The summed E-state index contributed by atoms with van der Waals surface area (Å²) >= 11 is 0. The third kappa shape index (κ3) is 17.7. The zero-order valence-electron chi connectivity index (χ0n) is 6.69. The zero-order valence-corrected chi connectivity index (χ0v) is 10.6. The molecule has 0 atom stereocenters. The van der Waals surface area contributed by atoms with Gasteiger partial charge in [0, 0.05) is 0 Å². The molecule has 52 valence electrons. The Hall–Kier alpha value is 1.68. The van der Waals surface area contributed by atoms with Crippen molar-refractivity contribution < 1.29 is 17.0 Å². The second-order valence-corrected chi connectivity index (χ2v) is 4.70. The third-order valence-electron chi connectivity index (χ3n) is 0.596. The Bertz CT molecular complexity index is 42.3. The largest absolute Gasteiger partial charge is 2.00 e. The van der Waals surface area contributed by atoms with Gasteiger partial charge in [-0.25, -0.2) is 0 Å². The minimum absolute atomic E-state index is 0. The van der Waals surface area contributed by atoms with Crippen molar-refractivity contribution in [1.82, 2.24) is 0 Å². The maximum absolute atomic E-state index is 2.25. The molecule has 0 rings (SSSR count). The number of rotatable bonds is 2. The monoisotopic (exact) mass is 220 g/mol. The van der Waals surface area contributed by atoms with E-state index in [1.54, 1.807) is 8.58 Å². The second kappa shape index (κ2) is 9.68.